The van der Waals surface area contributed by atoms with Crippen molar-refractivity contribution in [2.24, 2.45) is 0 Å². The van der Waals surface area contributed by atoms with Crippen LogP contribution in [0.1, 0.15) is 0 Å². The van der Waals surface area contributed by atoms with Crippen LogP contribution in [0.4, 0.5) is 17.7 Å². The summed E-state index contributed by atoms with van der Waals surface area (Å²) in [4.78, 5) is 33.8. The molecule has 0 spiro atoms. The second kappa shape index (κ2) is 15.9. The van der Waals surface area contributed by atoms with Crippen molar-refractivity contribution in [2.45, 2.75) is 10.3 Å². The van der Waals surface area contributed by atoms with Crippen molar-refractivity contribution in [1.29, 1.82) is 0 Å². The fourth-order valence-electron chi connectivity index (χ4n) is 4.31. The number of nitrogens with two attached hydrogens (primary N) is 1. The molecule has 6 aromatic heterocycles. The number of hydrogen-bond donors (Lipinski definition) is 2. The summed E-state index contributed by atoms with van der Waals surface area (Å²) in [6.07, 6.45) is 10.2. The van der Waals surface area contributed by atoms with E-state index in [-0.39, 0.29) is 0 Å². The van der Waals surface area contributed by atoms with E-state index in [9.17, 15) is 0 Å². The van der Waals surface area contributed by atoms with E-state index >= 15 is 0 Å². The van der Waals surface area contributed by atoms with E-state index in [0.717, 1.165) is 22.5 Å². The van der Waals surface area contributed by atoms with Gasteiger partial charge in [-0.1, -0.05) is 95.8 Å². The van der Waals surface area contributed by atoms with Crippen LogP contribution in [-0.2, 0) is 0 Å². The van der Waals surface area contributed by atoms with Gasteiger partial charge in [-0.2, -0.15) is 19.2 Å². The van der Waals surface area contributed by atoms with Crippen molar-refractivity contribution in [2.75, 3.05) is 23.6 Å². The second-order valence-corrected chi connectivity index (χ2v) is 11.6. The molecule has 49 heavy (non-hydrogen) atoms. The van der Waals surface area contributed by atoms with Gasteiger partial charge >= 0.3 is 0 Å². The highest BCUT2D eigenvalue weighted by atomic mass is 35.5. The summed E-state index contributed by atoms with van der Waals surface area (Å²) >= 11 is 8.52. The first-order chi connectivity index (χ1) is 24.0. The summed E-state index contributed by atoms with van der Waals surface area (Å²) in [6.45, 7) is 0. The van der Waals surface area contributed by atoms with Crippen molar-refractivity contribution >= 4 is 64.1 Å². The zero-order valence-electron chi connectivity index (χ0n) is 26.0. The molecule has 0 aliphatic heterocycles. The first-order valence-electron chi connectivity index (χ1n) is 14.4. The molecule has 0 saturated carbocycles. The van der Waals surface area contributed by atoms with Crippen molar-refractivity contribution in [3.05, 3.63) is 115 Å². The van der Waals surface area contributed by atoms with Crippen LogP contribution in [-0.4, -0.2) is 71.6 Å². The van der Waals surface area contributed by atoms with Crippen molar-refractivity contribution in [1.82, 2.24) is 59.1 Å². The van der Waals surface area contributed by atoms with Gasteiger partial charge in [-0.3, -0.25) is 0 Å². The minimum Gasteiger partial charge on any atom is -0.368 e. The number of fused-ring (bicyclic) bond motifs is 2. The molecular weight excluding hydrogens is 680 g/mol. The third-order valence-corrected chi connectivity index (χ3v) is 7.87. The second-order valence-electron chi connectivity index (χ2n) is 9.68. The van der Waals surface area contributed by atoms with E-state index in [1.54, 1.807) is 29.0 Å². The molecule has 0 amide bonds. The molecule has 0 atom stereocenters. The van der Waals surface area contributed by atoms with Crippen LogP contribution in [0.2, 0.25) is 5.15 Å². The average molecular weight is 707 g/mol. The SMILES string of the molecule is CSc1nccc(Cl)n1.CSc1nccc(Nc2nc(-c3ccccc3)cc3ncnn23)n1.Nc1nc(-c2ccccc2)cc2ncnn12. The number of anilines is 3. The van der Waals surface area contributed by atoms with Crippen molar-refractivity contribution in [3.8, 4) is 22.5 Å². The molecule has 0 saturated heterocycles. The molecule has 0 radical (unpaired) electrons. The fraction of sp³-hybridized carbons (Fsp3) is 0.0625. The maximum Gasteiger partial charge on any atom is 0.232 e. The summed E-state index contributed by atoms with van der Waals surface area (Å²) in [5.41, 5.74) is 10.8. The Morgan fingerprint density at radius 2 is 1.18 bits per heavy atom. The molecule has 8 rings (SSSR count). The van der Waals surface area contributed by atoms with E-state index in [4.69, 9.17) is 17.3 Å². The van der Waals surface area contributed by atoms with Gasteiger partial charge in [0.15, 0.2) is 21.6 Å². The standard InChI is InChI=1S/C16H13N7S.C11H9N5.C5H5ClN2S/c1-24-16-17-8-7-13(22-16)21-15-20-12(11-5-3-2-4-6-11)9-14-18-10-19-23(14)15;12-11-15-9(8-4-2-1-3-5-8)6-10-13-7-14-16(10)11;1-9-5-7-3-2-4(6)8-5/h2-10H,1H3,(H,17,20,21,22);1-7H,(H2,12,15);2-3H,1H3. The lowest BCUT2D eigenvalue weighted by Gasteiger charge is -2.09. The van der Waals surface area contributed by atoms with Crippen LogP contribution < -0.4 is 11.1 Å². The van der Waals surface area contributed by atoms with Crippen LogP contribution >= 0.6 is 35.1 Å². The van der Waals surface area contributed by atoms with Crippen molar-refractivity contribution < 1.29 is 0 Å². The lowest BCUT2D eigenvalue weighted by Crippen LogP contribution is -2.05. The molecule has 8 aromatic rings. The number of benzene rings is 2. The zero-order chi connectivity index (χ0) is 34.0. The van der Waals surface area contributed by atoms with Gasteiger partial charge in [0.1, 0.15) is 23.6 Å². The Labute approximate surface area is 293 Å². The summed E-state index contributed by atoms with van der Waals surface area (Å²) in [5.74, 6) is 1.55. The Bertz CT molecular complexity index is 2280. The van der Waals surface area contributed by atoms with Crippen LogP contribution in [0, 0.1) is 0 Å². The lowest BCUT2D eigenvalue weighted by molar-refractivity contribution is 0.921. The Morgan fingerprint density at radius 3 is 1.78 bits per heavy atom. The number of thioether (sulfide) groups is 2. The Balaban J connectivity index is 0.000000143. The van der Waals surface area contributed by atoms with Crippen molar-refractivity contribution in [3.63, 3.8) is 0 Å². The molecule has 0 bridgehead atoms. The molecule has 17 heteroatoms. The predicted molar refractivity (Wildman–Crippen MR) is 193 cm³/mol. The summed E-state index contributed by atoms with van der Waals surface area (Å²) in [6, 6.07) is 27.0. The molecule has 14 nitrogen and oxygen atoms in total. The maximum absolute atomic E-state index is 5.79. The fourth-order valence-corrected chi connectivity index (χ4v) is 5.21. The van der Waals surface area contributed by atoms with Gasteiger partial charge in [0.2, 0.25) is 11.9 Å². The van der Waals surface area contributed by atoms with Gasteiger partial charge in [0.05, 0.1) is 11.4 Å². The lowest BCUT2D eigenvalue weighted by atomic mass is 10.1. The van der Waals surface area contributed by atoms with Gasteiger partial charge in [-0.25, -0.2) is 39.9 Å². The maximum atomic E-state index is 5.79. The normalized spacial score (nSPS) is 10.6. The molecule has 0 fully saturated rings. The van der Waals surface area contributed by atoms with Gasteiger partial charge < -0.3 is 11.1 Å². The Morgan fingerprint density at radius 1 is 0.633 bits per heavy atom. The highest BCUT2D eigenvalue weighted by molar-refractivity contribution is 7.98. The van der Waals surface area contributed by atoms with Gasteiger partial charge in [0.25, 0.3) is 0 Å². The van der Waals surface area contributed by atoms with Gasteiger partial charge in [-0.15, -0.1) is 0 Å². The van der Waals surface area contributed by atoms with E-state index in [0.29, 0.717) is 44.5 Å². The van der Waals surface area contributed by atoms with Crippen LogP contribution in [0.15, 0.2) is 120 Å². The van der Waals surface area contributed by atoms with Gasteiger partial charge in [-0.05, 0) is 24.6 Å². The van der Waals surface area contributed by atoms with E-state index in [1.165, 1.54) is 40.7 Å². The topological polar surface area (TPSA) is 176 Å². The quantitative estimate of drug-likeness (QED) is 0.112. The molecule has 0 aliphatic carbocycles. The summed E-state index contributed by atoms with van der Waals surface area (Å²) in [5, 5.41) is 13.3. The molecular formula is C32H27ClN14S2. The minimum absolute atomic E-state index is 0.342. The van der Waals surface area contributed by atoms with E-state index in [1.807, 2.05) is 85.3 Å². The average Bonchev–Trinajstić information content (AvgIpc) is 3.84. The number of nitrogens with zero attached hydrogens (tertiary/aromatic N) is 12. The van der Waals surface area contributed by atoms with Crippen LogP contribution in [0.5, 0.6) is 0 Å². The number of nitrogens with one attached hydrogen (secondary N) is 1. The molecule has 0 aliphatic rings. The molecule has 2 aromatic carbocycles. The summed E-state index contributed by atoms with van der Waals surface area (Å²) < 4.78 is 3.15. The number of rotatable bonds is 6. The Hall–Kier alpha value is -5.71. The third-order valence-electron chi connectivity index (χ3n) is 6.54. The number of aromatic nitrogens is 12. The summed E-state index contributed by atoms with van der Waals surface area (Å²) in [7, 11) is 0. The minimum atomic E-state index is 0.342. The largest absolute Gasteiger partial charge is 0.368 e. The Kier molecular flexibility index (Phi) is 10.8. The number of nitrogen functional groups attached to an aromatic ring is 1. The van der Waals surface area contributed by atoms with Crippen LogP contribution in [0.3, 0.4) is 0 Å². The zero-order valence-corrected chi connectivity index (χ0v) is 28.4. The highest BCUT2D eigenvalue weighted by Crippen LogP contribution is 2.23. The van der Waals surface area contributed by atoms with Crippen LogP contribution in [0.25, 0.3) is 33.8 Å². The van der Waals surface area contributed by atoms with E-state index < -0.39 is 0 Å². The molecule has 244 valence electrons. The monoisotopic (exact) mass is 706 g/mol. The van der Waals surface area contributed by atoms with Gasteiger partial charge in [0, 0.05) is 35.7 Å². The first-order valence-corrected chi connectivity index (χ1v) is 17.3. The third kappa shape index (κ3) is 8.42. The molecule has 6 heterocycles. The predicted octanol–water partition coefficient (Wildman–Crippen LogP) is 6.27. The number of halogens is 1. The first kappa shape index (κ1) is 33.2. The molecule has 3 N–H and O–H groups in total. The molecule has 0 unspecified atom stereocenters. The smallest absolute Gasteiger partial charge is 0.232 e. The number of hydrogen-bond acceptors (Lipinski definition) is 14. The highest BCUT2D eigenvalue weighted by Gasteiger charge is 2.11. The van der Waals surface area contributed by atoms with E-state index in [2.05, 4.69) is 55.4 Å².